The minimum atomic E-state index is -0.205. The Labute approximate surface area is 148 Å². The molecular formula is C21H23FN2O. The van der Waals surface area contributed by atoms with E-state index in [2.05, 4.69) is 23.1 Å². The lowest BCUT2D eigenvalue weighted by molar-refractivity contribution is -0.133. The van der Waals surface area contributed by atoms with Crippen LogP contribution in [0.1, 0.15) is 35.6 Å². The maximum absolute atomic E-state index is 13.5. The van der Waals surface area contributed by atoms with Crippen LogP contribution in [-0.4, -0.2) is 35.3 Å². The summed E-state index contributed by atoms with van der Waals surface area (Å²) in [5.74, 6) is -0.0267. The van der Waals surface area contributed by atoms with Gasteiger partial charge in [0.25, 0.3) is 0 Å². The molecular weight excluding hydrogens is 315 g/mol. The molecule has 4 heteroatoms. The molecule has 0 aliphatic carbocycles. The van der Waals surface area contributed by atoms with Crippen LogP contribution in [0.3, 0.4) is 0 Å². The molecule has 0 unspecified atom stereocenters. The van der Waals surface area contributed by atoms with Crippen LogP contribution in [-0.2, 0) is 17.8 Å². The number of fused-ring (bicyclic) bond motifs is 1. The molecule has 0 spiro atoms. The molecule has 130 valence electrons. The Hall–Kier alpha value is -2.20. The number of carbonyl (C=O) groups excluding carboxylic acids is 1. The molecule has 1 atom stereocenters. The van der Waals surface area contributed by atoms with Gasteiger partial charge in [-0.1, -0.05) is 36.4 Å². The standard InChI is InChI=1S/C21H23FN2O/c22-19-8-3-7-17(13-19)20-9-4-11-23(20)15-21(25)24-12-10-16-5-1-2-6-18(16)14-24/h1-3,5-8,13,20H,4,9-12,14-15H2/t20-/m1/s1. The zero-order valence-corrected chi connectivity index (χ0v) is 14.3. The van der Waals surface area contributed by atoms with Gasteiger partial charge in [0.1, 0.15) is 5.82 Å². The number of likely N-dealkylation sites (tertiary alicyclic amines) is 1. The van der Waals surface area contributed by atoms with Crippen molar-refractivity contribution in [3.8, 4) is 0 Å². The number of nitrogens with zero attached hydrogens (tertiary/aromatic N) is 2. The fraction of sp³-hybridized carbons (Fsp3) is 0.381. The summed E-state index contributed by atoms with van der Waals surface area (Å²) in [7, 11) is 0. The van der Waals surface area contributed by atoms with Crippen molar-refractivity contribution in [2.75, 3.05) is 19.6 Å². The molecule has 2 aliphatic rings. The van der Waals surface area contributed by atoms with Gasteiger partial charge in [-0.15, -0.1) is 0 Å². The highest BCUT2D eigenvalue weighted by atomic mass is 19.1. The van der Waals surface area contributed by atoms with Gasteiger partial charge in [-0.3, -0.25) is 9.69 Å². The quantitative estimate of drug-likeness (QED) is 0.854. The van der Waals surface area contributed by atoms with Gasteiger partial charge in [-0.2, -0.15) is 0 Å². The first kappa shape index (κ1) is 16.3. The van der Waals surface area contributed by atoms with E-state index in [1.54, 1.807) is 12.1 Å². The third kappa shape index (κ3) is 3.45. The van der Waals surface area contributed by atoms with Crippen molar-refractivity contribution >= 4 is 5.91 Å². The second kappa shape index (κ2) is 6.96. The zero-order valence-electron chi connectivity index (χ0n) is 14.3. The molecule has 1 saturated heterocycles. The third-order valence-electron chi connectivity index (χ3n) is 5.42. The molecule has 1 amide bonds. The molecule has 25 heavy (non-hydrogen) atoms. The lowest BCUT2D eigenvalue weighted by Gasteiger charge is -2.32. The highest BCUT2D eigenvalue weighted by Crippen LogP contribution is 2.32. The van der Waals surface area contributed by atoms with Gasteiger partial charge in [0, 0.05) is 19.1 Å². The highest BCUT2D eigenvalue weighted by molar-refractivity contribution is 5.78. The van der Waals surface area contributed by atoms with Crippen LogP contribution in [0.5, 0.6) is 0 Å². The summed E-state index contributed by atoms with van der Waals surface area (Å²) >= 11 is 0. The normalized spacial score (nSPS) is 20.5. The Bertz CT molecular complexity index is 776. The van der Waals surface area contributed by atoms with Gasteiger partial charge in [0.15, 0.2) is 0 Å². The molecule has 0 saturated carbocycles. The summed E-state index contributed by atoms with van der Waals surface area (Å²) in [4.78, 5) is 17.0. The first-order valence-electron chi connectivity index (χ1n) is 9.05. The minimum Gasteiger partial charge on any atom is -0.337 e. The van der Waals surface area contributed by atoms with E-state index in [0.717, 1.165) is 37.9 Å². The summed E-state index contributed by atoms with van der Waals surface area (Å²) in [6.45, 7) is 2.81. The van der Waals surface area contributed by atoms with Crippen molar-refractivity contribution in [2.24, 2.45) is 0 Å². The Morgan fingerprint density at radius 3 is 2.76 bits per heavy atom. The predicted octanol–water partition coefficient (Wildman–Crippen LogP) is 3.55. The topological polar surface area (TPSA) is 23.6 Å². The number of carbonyl (C=O) groups is 1. The van der Waals surface area contributed by atoms with E-state index in [4.69, 9.17) is 0 Å². The Morgan fingerprint density at radius 1 is 1.08 bits per heavy atom. The van der Waals surface area contributed by atoms with Crippen molar-refractivity contribution in [2.45, 2.75) is 31.8 Å². The summed E-state index contributed by atoms with van der Waals surface area (Å²) in [5.41, 5.74) is 3.59. The second-order valence-corrected chi connectivity index (χ2v) is 7.02. The number of amides is 1. The number of hydrogen-bond donors (Lipinski definition) is 0. The lowest BCUT2D eigenvalue weighted by atomic mass is 10.00. The minimum absolute atomic E-state index is 0.150. The molecule has 2 heterocycles. The van der Waals surface area contributed by atoms with Gasteiger partial charge < -0.3 is 4.90 Å². The van der Waals surface area contributed by atoms with Crippen LogP contribution in [0.4, 0.5) is 4.39 Å². The van der Waals surface area contributed by atoms with Crippen LogP contribution in [0.25, 0.3) is 0 Å². The first-order valence-corrected chi connectivity index (χ1v) is 9.05. The van der Waals surface area contributed by atoms with Crippen molar-refractivity contribution in [1.82, 2.24) is 9.80 Å². The number of halogens is 1. The Kier molecular flexibility index (Phi) is 4.53. The largest absolute Gasteiger partial charge is 0.337 e. The Morgan fingerprint density at radius 2 is 1.92 bits per heavy atom. The van der Waals surface area contributed by atoms with Crippen molar-refractivity contribution in [1.29, 1.82) is 0 Å². The number of hydrogen-bond acceptors (Lipinski definition) is 2. The second-order valence-electron chi connectivity index (χ2n) is 7.02. The van der Waals surface area contributed by atoms with E-state index in [9.17, 15) is 9.18 Å². The Balaban J connectivity index is 1.44. The van der Waals surface area contributed by atoms with E-state index in [-0.39, 0.29) is 17.8 Å². The summed E-state index contributed by atoms with van der Waals surface area (Å²) < 4.78 is 13.5. The first-order chi connectivity index (χ1) is 12.2. The van der Waals surface area contributed by atoms with E-state index in [1.807, 2.05) is 17.0 Å². The van der Waals surface area contributed by atoms with E-state index in [1.165, 1.54) is 17.2 Å². The molecule has 1 fully saturated rings. The van der Waals surface area contributed by atoms with Gasteiger partial charge in [0.2, 0.25) is 5.91 Å². The molecule has 0 bridgehead atoms. The maximum atomic E-state index is 13.5. The van der Waals surface area contributed by atoms with Crippen LogP contribution in [0.2, 0.25) is 0 Å². The van der Waals surface area contributed by atoms with Crippen LogP contribution >= 0.6 is 0 Å². The highest BCUT2D eigenvalue weighted by Gasteiger charge is 2.30. The smallest absolute Gasteiger partial charge is 0.237 e. The lowest BCUT2D eigenvalue weighted by Crippen LogP contribution is -2.42. The van der Waals surface area contributed by atoms with Gasteiger partial charge >= 0.3 is 0 Å². The van der Waals surface area contributed by atoms with Crippen molar-refractivity contribution < 1.29 is 9.18 Å². The van der Waals surface area contributed by atoms with E-state index in [0.29, 0.717) is 13.1 Å². The van der Waals surface area contributed by atoms with Gasteiger partial charge in [-0.25, -0.2) is 4.39 Å². The molecule has 2 aliphatic heterocycles. The molecule has 0 radical (unpaired) electrons. The number of benzene rings is 2. The monoisotopic (exact) mass is 338 g/mol. The summed E-state index contributed by atoms with van der Waals surface area (Å²) in [6.07, 6.45) is 2.96. The average Bonchev–Trinajstić information content (AvgIpc) is 3.09. The van der Waals surface area contributed by atoms with Crippen molar-refractivity contribution in [3.05, 3.63) is 71.0 Å². The van der Waals surface area contributed by atoms with Crippen LogP contribution in [0.15, 0.2) is 48.5 Å². The van der Waals surface area contributed by atoms with E-state index >= 15 is 0 Å². The van der Waals surface area contributed by atoms with Gasteiger partial charge in [-0.05, 0) is 54.6 Å². The molecule has 0 aromatic heterocycles. The fourth-order valence-electron chi connectivity index (χ4n) is 4.09. The summed E-state index contributed by atoms with van der Waals surface area (Å²) in [5, 5.41) is 0. The summed E-state index contributed by atoms with van der Waals surface area (Å²) in [6, 6.07) is 15.3. The molecule has 0 N–H and O–H groups in total. The molecule has 2 aromatic rings. The van der Waals surface area contributed by atoms with Gasteiger partial charge in [0.05, 0.1) is 6.54 Å². The molecule has 4 rings (SSSR count). The maximum Gasteiger partial charge on any atom is 0.237 e. The van der Waals surface area contributed by atoms with Crippen molar-refractivity contribution in [3.63, 3.8) is 0 Å². The SMILES string of the molecule is O=C(CN1CCC[C@@H]1c1cccc(F)c1)N1CCc2ccccc2C1. The zero-order chi connectivity index (χ0) is 17.2. The predicted molar refractivity (Wildman–Crippen MR) is 95.5 cm³/mol. The number of rotatable bonds is 3. The molecule has 2 aromatic carbocycles. The molecule has 3 nitrogen and oxygen atoms in total. The third-order valence-corrected chi connectivity index (χ3v) is 5.42. The van der Waals surface area contributed by atoms with Crippen LogP contribution < -0.4 is 0 Å². The van der Waals surface area contributed by atoms with E-state index < -0.39 is 0 Å². The van der Waals surface area contributed by atoms with Crippen LogP contribution in [0, 0.1) is 5.82 Å². The average molecular weight is 338 g/mol. The fourth-order valence-corrected chi connectivity index (χ4v) is 4.09.